The van der Waals surface area contributed by atoms with E-state index in [9.17, 15) is 9.59 Å². The molecule has 25 heavy (non-hydrogen) atoms. The number of pyridine rings is 1. The largest absolute Gasteiger partial charge is 0.454 e. The molecule has 3 heterocycles. The van der Waals surface area contributed by atoms with Crippen LogP contribution >= 0.6 is 24.0 Å². The molecule has 0 radical (unpaired) electrons. The van der Waals surface area contributed by atoms with E-state index in [1.165, 1.54) is 6.20 Å². The normalized spacial score (nSPS) is 17.4. The second-order valence-electron chi connectivity index (χ2n) is 5.18. The first kappa shape index (κ1) is 15.8. The molecule has 2 amide bonds. The molecule has 2 aliphatic heterocycles. The smallest absolute Gasteiger partial charge is 0.273 e. The number of ether oxygens (including phenoxy) is 2. The number of imide groups is 1. The lowest BCUT2D eigenvalue weighted by atomic mass is 10.2. The number of thiocarbonyl (C=S) groups is 1. The number of nitrogens with zero attached hydrogens (tertiary/aromatic N) is 2. The van der Waals surface area contributed by atoms with E-state index in [1.807, 2.05) is 6.07 Å². The lowest BCUT2D eigenvalue weighted by Gasteiger charge is -2.11. The standard InChI is InChI=1S/C17H10N2O4S2/c20-15(11-2-1-5-18-8-11)19-16(21)14(25-17(19)24)7-10-3-4-12-13(6-10)23-9-22-12/h1-8H,9H2/b14-7-. The third kappa shape index (κ3) is 2.90. The number of carbonyl (C=O) groups excluding carboxylic acids is 2. The van der Waals surface area contributed by atoms with Crippen LogP contribution < -0.4 is 9.47 Å². The van der Waals surface area contributed by atoms with E-state index in [2.05, 4.69) is 4.98 Å². The van der Waals surface area contributed by atoms with E-state index in [4.69, 9.17) is 21.7 Å². The first-order valence-corrected chi connectivity index (χ1v) is 8.48. The summed E-state index contributed by atoms with van der Waals surface area (Å²) in [4.78, 5) is 30.4. The Bertz CT molecular complexity index is 928. The lowest BCUT2D eigenvalue weighted by Crippen LogP contribution is -2.34. The number of rotatable bonds is 2. The summed E-state index contributed by atoms with van der Waals surface area (Å²) in [5.74, 6) is 0.360. The second kappa shape index (κ2) is 6.30. The maximum Gasteiger partial charge on any atom is 0.273 e. The summed E-state index contributed by atoms with van der Waals surface area (Å²) in [5, 5.41) is 0. The van der Waals surface area contributed by atoms with Gasteiger partial charge in [0.15, 0.2) is 15.8 Å². The van der Waals surface area contributed by atoms with Gasteiger partial charge in [-0.05, 0) is 35.9 Å². The zero-order chi connectivity index (χ0) is 17.4. The van der Waals surface area contributed by atoms with Gasteiger partial charge in [0.1, 0.15) is 0 Å². The van der Waals surface area contributed by atoms with Gasteiger partial charge >= 0.3 is 0 Å². The van der Waals surface area contributed by atoms with Gasteiger partial charge in [0.2, 0.25) is 6.79 Å². The minimum Gasteiger partial charge on any atom is -0.454 e. The highest BCUT2D eigenvalue weighted by Crippen LogP contribution is 2.36. The van der Waals surface area contributed by atoms with Crippen LogP contribution in [0.4, 0.5) is 0 Å². The van der Waals surface area contributed by atoms with Crippen molar-refractivity contribution in [3.8, 4) is 11.5 Å². The quantitative estimate of drug-likeness (QED) is 0.457. The van der Waals surface area contributed by atoms with E-state index in [0.29, 0.717) is 22.0 Å². The van der Waals surface area contributed by atoms with Gasteiger partial charge in [-0.15, -0.1) is 0 Å². The topological polar surface area (TPSA) is 68.7 Å². The number of amides is 2. The molecule has 0 bridgehead atoms. The Balaban J connectivity index is 1.62. The van der Waals surface area contributed by atoms with Crippen LogP contribution in [-0.4, -0.2) is 32.8 Å². The number of hydrogen-bond donors (Lipinski definition) is 0. The first-order chi connectivity index (χ1) is 12.1. The molecule has 124 valence electrons. The predicted molar refractivity (Wildman–Crippen MR) is 96.1 cm³/mol. The molecule has 4 rings (SSSR count). The van der Waals surface area contributed by atoms with Crippen molar-refractivity contribution in [2.24, 2.45) is 0 Å². The molecule has 1 fully saturated rings. The highest BCUT2D eigenvalue weighted by molar-refractivity contribution is 8.26. The van der Waals surface area contributed by atoms with Crippen molar-refractivity contribution in [3.63, 3.8) is 0 Å². The zero-order valence-electron chi connectivity index (χ0n) is 12.7. The van der Waals surface area contributed by atoms with Crippen LogP contribution in [0.25, 0.3) is 6.08 Å². The first-order valence-electron chi connectivity index (χ1n) is 7.25. The van der Waals surface area contributed by atoms with Crippen LogP contribution in [-0.2, 0) is 4.79 Å². The third-order valence-electron chi connectivity index (χ3n) is 3.60. The molecule has 1 saturated heterocycles. The minimum atomic E-state index is -0.482. The Morgan fingerprint density at radius 1 is 1.28 bits per heavy atom. The van der Waals surface area contributed by atoms with Gasteiger partial charge in [0.25, 0.3) is 11.8 Å². The molecule has 0 unspecified atom stereocenters. The molecule has 0 aliphatic carbocycles. The van der Waals surface area contributed by atoms with Crippen LogP contribution in [0.3, 0.4) is 0 Å². The Kier molecular flexibility index (Phi) is 3.98. The fraction of sp³-hybridized carbons (Fsp3) is 0.0588. The van der Waals surface area contributed by atoms with Gasteiger partial charge in [-0.3, -0.25) is 14.6 Å². The molecule has 2 aromatic rings. The van der Waals surface area contributed by atoms with E-state index in [0.717, 1.165) is 22.2 Å². The molecule has 6 nitrogen and oxygen atoms in total. The summed E-state index contributed by atoms with van der Waals surface area (Å²) in [5.41, 5.74) is 1.07. The van der Waals surface area contributed by atoms with Crippen LogP contribution in [0.1, 0.15) is 15.9 Å². The summed E-state index contributed by atoms with van der Waals surface area (Å²) in [6.45, 7) is 0.181. The fourth-order valence-electron chi connectivity index (χ4n) is 2.42. The van der Waals surface area contributed by atoms with Crippen molar-refractivity contribution in [1.82, 2.24) is 9.88 Å². The van der Waals surface area contributed by atoms with Crippen LogP contribution in [0, 0.1) is 0 Å². The molecule has 0 spiro atoms. The van der Waals surface area contributed by atoms with Crippen molar-refractivity contribution in [2.75, 3.05) is 6.79 Å². The third-order valence-corrected chi connectivity index (χ3v) is 4.90. The average molecular weight is 370 g/mol. The van der Waals surface area contributed by atoms with Crippen LogP contribution in [0.2, 0.25) is 0 Å². The van der Waals surface area contributed by atoms with Gasteiger partial charge < -0.3 is 9.47 Å². The van der Waals surface area contributed by atoms with E-state index in [-0.39, 0.29) is 11.1 Å². The fourth-order valence-corrected chi connectivity index (χ4v) is 3.67. The Labute approximate surface area is 152 Å². The van der Waals surface area contributed by atoms with Crippen molar-refractivity contribution in [1.29, 1.82) is 0 Å². The molecule has 1 aromatic carbocycles. The van der Waals surface area contributed by atoms with Crippen molar-refractivity contribution < 1.29 is 19.1 Å². The average Bonchev–Trinajstić information content (AvgIpc) is 3.19. The Morgan fingerprint density at radius 2 is 2.12 bits per heavy atom. The van der Waals surface area contributed by atoms with E-state index < -0.39 is 11.8 Å². The molecule has 1 aromatic heterocycles. The summed E-state index contributed by atoms with van der Waals surface area (Å²) in [6.07, 6.45) is 4.64. The highest BCUT2D eigenvalue weighted by Gasteiger charge is 2.37. The highest BCUT2D eigenvalue weighted by atomic mass is 32.2. The molecule has 0 N–H and O–H groups in total. The number of hydrogen-bond acceptors (Lipinski definition) is 7. The van der Waals surface area contributed by atoms with E-state index in [1.54, 1.807) is 36.5 Å². The summed E-state index contributed by atoms with van der Waals surface area (Å²) < 4.78 is 10.8. The van der Waals surface area contributed by atoms with Crippen LogP contribution in [0.5, 0.6) is 11.5 Å². The van der Waals surface area contributed by atoms with Crippen molar-refractivity contribution in [3.05, 3.63) is 58.8 Å². The molecule has 8 heteroatoms. The van der Waals surface area contributed by atoms with Crippen molar-refractivity contribution >= 4 is 46.2 Å². The monoisotopic (exact) mass is 370 g/mol. The number of benzene rings is 1. The minimum absolute atomic E-state index is 0.181. The lowest BCUT2D eigenvalue weighted by molar-refractivity contribution is -0.120. The number of fused-ring (bicyclic) bond motifs is 1. The number of aromatic nitrogens is 1. The summed E-state index contributed by atoms with van der Waals surface area (Å²) in [7, 11) is 0. The Hall–Kier alpha value is -2.71. The predicted octanol–water partition coefficient (Wildman–Crippen LogP) is 2.85. The maximum atomic E-state index is 12.6. The SMILES string of the molecule is O=C1/C(=C/c2ccc3c(c2)OCO3)SC(=S)N1C(=O)c1cccnc1. The van der Waals surface area contributed by atoms with E-state index >= 15 is 0 Å². The van der Waals surface area contributed by atoms with Gasteiger partial charge in [0.05, 0.1) is 10.5 Å². The van der Waals surface area contributed by atoms with Gasteiger partial charge in [-0.2, -0.15) is 0 Å². The van der Waals surface area contributed by atoms with Gasteiger partial charge in [-0.25, -0.2) is 4.90 Å². The van der Waals surface area contributed by atoms with Gasteiger partial charge in [-0.1, -0.05) is 30.0 Å². The molecule has 0 atom stereocenters. The Morgan fingerprint density at radius 3 is 2.92 bits per heavy atom. The van der Waals surface area contributed by atoms with Crippen molar-refractivity contribution in [2.45, 2.75) is 0 Å². The summed E-state index contributed by atoms with van der Waals surface area (Å²) in [6, 6.07) is 8.58. The molecule has 0 saturated carbocycles. The maximum absolute atomic E-state index is 12.6. The van der Waals surface area contributed by atoms with Crippen LogP contribution in [0.15, 0.2) is 47.6 Å². The van der Waals surface area contributed by atoms with Gasteiger partial charge in [0, 0.05) is 12.4 Å². The second-order valence-corrected chi connectivity index (χ2v) is 6.85. The number of carbonyl (C=O) groups is 2. The molecule has 2 aliphatic rings. The molecular weight excluding hydrogens is 360 g/mol. The number of thioether (sulfide) groups is 1. The zero-order valence-corrected chi connectivity index (χ0v) is 14.3. The summed E-state index contributed by atoms with van der Waals surface area (Å²) >= 11 is 6.30. The molecular formula is C17H10N2O4S2.